The van der Waals surface area contributed by atoms with Crippen molar-refractivity contribution in [2.45, 2.75) is 32.2 Å². The third-order valence-electron chi connectivity index (χ3n) is 6.55. The summed E-state index contributed by atoms with van der Waals surface area (Å²) in [6, 6.07) is 14.0. The van der Waals surface area contributed by atoms with E-state index in [2.05, 4.69) is 20.6 Å². The van der Waals surface area contributed by atoms with Gasteiger partial charge in [-0.1, -0.05) is 36.4 Å². The van der Waals surface area contributed by atoms with E-state index in [1.165, 1.54) is 12.1 Å². The van der Waals surface area contributed by atoms with Gasteiger partial charge >= 0.3 is 12.1 Å². The molecule has 46 heavy (non-hydrogen) atoms. The van der Waals surface area contributed by atoms with Gasteiger partial charge in [-0.25, -0.2) is 19.4 Å². The number of rotatable bonds is 11. The average molecular weight is 646 g/mol. The van der Waals surface area contributed by atoms with E-state index in [0.717, 1.165) is 11.1 Å². The summed E-state index contributed by atoms with van der Waals surface area (Å²) in [7, 11) is 0. The SMILES string of the molecule is CCn1c(-c2nonc2N)nc2c(-c3ccccc3)ncc(OCCCNC[C@H](O)c3ccc(O)c(O)c3)c21.O=C(O)C(F)(F)F. The molecule has 2 aromatic carbocycles. The number of hydrogen-bond donors (Lipinski definition) is 6. The molecular weight excluding hydrogens is 615 g/mol. The molecule has 1 atom stereocenters. The molecule has 3 aromatic heterocycles. The standard InChI is InChI=1S/C27H29N7O5.C2HF3O2/c1-2-34-25-21(38-12-6-11-29-14-20(37)17-9-10-18(35)19(36)13-17)15-30-22(16-7-4-3-5-8-16)23(25)31-27(34)24-26(28)33-39-32-24;3-2(4,5)1(6)7/h3-5,7-10,13,15,20,29,35-37H,2,6,11-12,14H2,1H3,(H2,28,33);(H,6,7)/t20-;/m0./s1. The van der Waals surface area contributed by atoms with Crippen molar-refractivity contribution in [1.29, 1.82) is 0 Å². The van der Waals surface area contributed by atoms with Crippen LogP contribution in [0.2, 0.25) is 0 Å². The molecule has 244 valence electrons. The largest absolute Gasteiger partial charge is 0.504 e. The van der Waals surface area contributed by atoms with Crippen molar-refractivity contribution in [2.24, 2.45) is 0 Å². The van der Waals surface area contributed by atoms with Crippen molar-refractivity contribution in [3.63, 3.8) is 0 Å². The average Bonchev–Trinajstić information content (AvgIpc) is 3.63. The number of aromatic nitrogens is 5. The molecule has 0 saturated heterocycles. The number of nitrogen functional groups attached to an aromatic ring is 1. The fraction of sp³-hybridized carbons (Fsp3) is 0.276. The van der Waals surface area contributed by atoms with E-state index in [4.69, 9.17) is 30.0 Å². The predicted octanol–water partition coefficient (Wildman–Crippen LogP) is 3.89. The molecule has 0 aliphatic heterocycles. The van der Waals surface area contributed by atoms with Gasteiger partial charge in [0.15, 0.2) is 34.6 Å². The van der Waals surface area contributed by atoms with Crippen molar-refractivity contribution in [2.75, 3.05) is 25.4 Å². The van der Waals surface area contributed by atoms with Crippen LogP contribution in [-0.2, 0) is 11.3 Å². The lowest BCUT2D eigenvalue weighted by Gasteiger charge is -2.14. The summed E-state index contributed by atoms with van der Waals surface area (Å²) in [6.45, 7) is 3.81. The highest BCUT2D eigenvalue weighted by molar-refractivity contribution is 5.95. The zero-order chi connectivity index (χ0) is 33.4. The molecule has 0 saturated carbocycles. The fourth-order valence-corrected chi connectivity index (χ4v) is 4.35. The summed E-state index contributed by atoms with van der Waals surface area (Å²) in [5, 5.41) is 47.4. The summed E-state index contributed by atoms with van der Waals surface area (Å²) < 4.78 is 44.7. The number of benzene rings is 2. The highest BCUT2D eigenvalue weighted by atomic mass is 19.4. The van der Waals surface area contributed by atoms with Crippen LogP contribution in [0, 0.1) is 0 Å². The van der Waals surface area contributed by atoms with Crippen LogP contribution in [0.1, 0.15) is 25.0 Å². The summed E-state index contributed by atoms with van der Waals surface area (Å²) in [6.07, 6.45) is -3.56. The molecule has 5 rings (SSSR count). The Balaban J connectivity index is 0.000000617. The number of carboxylic acids is 1. The van der Waals surface area contributed by atoms with Crippen molar-refractivity contribution in [3.8, 4) is 40.0 Å². The van der Waals surface area contributed by atoms with Crippen LogP contribution < -0.4 is 15.8 Å². The van der Waals surface area contributed by atoms with Gasteiger partial charge in [-0.2, -0.15) is 13.2 Å². The zero-order valence-corrected chi connectivity index (χ0v) is 24.3. The van der Waals surface area contributed by atoms with Gasteiger partial charge in [0.25, 0.3) is 0 Å². The van der Waals surface area contributed by atoms with Gasteiger partial charge in [-0.05, 0) is 47.9 Å². The number of imidazole rings is 1. The van der Waals surface area contributed by atoms with E-state index in [0.29, 0.717) is 60.2 Å². The van der Waals surface area contributed by atoms with Gasteiger partial charge < -0.3 is 40.8 Å². The summed E-state index contributed by atoms with van der Waals surface area (Å²) in [4.78, 5) is 18.4. The lowest BCUT2D eigenvalue weighted by Crippen LogP contribution is -2.23. The number of aliphatic hydroxyl groups is 1. The molecule has 7 N–H and O–H groups in total. The number of anilines is 1. The molecule has 0 aliphatic carbocycles. The van der Waals surface area contributed by atoms with E-state index in [-0.39, 0.29) is 23.9 Å². The van der Waals surface area contributed by atoms with Crippen molar-refractivity contribution in [1.82, 2.24) is 30.2 Å². The minimum atomic E-state index is -5.08. The Morgan fingerprint density at radius 1 is 1.11 bits per heavy atom. The fourth-order valence-electron chi connectivity index (χ4n) is 4.35. The second-order valence-electron chi connectivity index (χ2n) is 9.69. The number of phenolic OH excluding ortho intramolecular Hbond substituents is 2. The third kappa shape index (κ3) is 7.80. The molecule has 14 nitrogen and oxygen atoms in total. The molecule has 0 fully saturated rings. The van der Waals surface area contributed by atoms with E-state index in [9.17, 15) is 28.5 Å². The maximum Gasteiger partial charge on any atom is 0.490 e. The Hall–Kier alpha value is -5.42. The summed E-state index contributed by atoms with van der Waals surface area (Å²) in [5.74, 6) is -2.03. The lowest BCUT2D eigenvalue weighted by molar-refractivity contribution is -0.192. The highest BCUT2D eigenvalue weighted by Crippen LogP contribution is 2.36. The van der Waals surface area contributed by atoms with Gasteiger partial charge in [0.2, 0.25) is 0 Å². The van der Waals surface area contributed by atoms with Crippen molar-refractivity contribution in [3.05, 3.63) is 60.3 Å². The maximum absolute atomic E-state index is 10.6. The van der Waals surface area contributed by atoms with Gasteiger partial charge in [0, 0.05) is 18.7 Å². The Morgan fingerprint density at radius 2 is 1.83 bits per heavy atom. The van der Waals surface area contributed by atoms with Crippen LogP contribution in [0.5, 0.6) is 17.2 Å². The van der Waals surface area contributed by atoms with E-state index in [1.54, 1.807) is 12.3 Å². The number of alkyl halides is 3. The Kier molecular flexibility index (Phi) is 10.6. The number of pyridine rings is 1. The predicted molar refractivity (Wildman–Crippen MR) is 158 cm³/mol. The van der Waals surface area contributed by atoms with Crippen LogP contribution >= 0.6 is 0 Å². The van der Waals surface area contributed by atoms with Gasteiger partial charge in [-0.3, -0.25) is 0 Å². The molecule has 0 bridgehead atoms. The molecule has 0 amide bonds. The Bertz CT molecular complexity index is 1780. The number of nitrogens with two attached hydrogens (primary N) is 1. The number of halogens is 3. The number of fused-ring (bicyclic) bond motifs is 1. The number of ether oxygens (including phenoxy) is 1. The molecule has 3 heterocycles. The first-order valence-corrected chi connectivity index (χ1v) is 13.8. The smallest absolute Gasteiger partial charge is 0.490 e. The number of phenols is 2. The highest BCUT2D eigenvalue weighted by Gasteiger charge is 2.38. The van der Waals surface area contributed by atoms with Crippen LogP contribution in [0.15, 0.2) is 59.4 Å². The number of aryl methyl sites for hydroxylation is 1. The minimum Gasteiger partial charge on any atom is -0.504 e. The molecule has 17 heteroatoms. The first kappa shape index (κ1) is 33.5. The van der Waals surface area contributed by atoms with Gasteiger partial charge in [0.05, 0.1) is 24.6 Å². The molecular formula is C29H30F3N7O7. The quantitative estimate of drug-likeness (QED) is 0.0889. The number of nitrogens with zero attached hydrogens (tertiary/aromatic N) is 5. The number of hydrogen-bond acceptors (Lipinski definition) is 12. The third-order valence-corrected chi connectivity index (χ3v) is 6.55. The van der Waals surface area contributed by atoms with Crippen LogP contribution in [0.4, 0.5) is 19.0 Å². The van der Waals surface area contributed by atoms with E-state index < -0.39 is 18.2 Å². The molecule has 0 unspecified atom stereocenters. The molecule has 0 spiro atoms. The summed E-state index contributed by atoms with van der Waals surface area (Å²) in [5.41, 5.74) is 9.88. The van der Waals surface area contributed by atoms with Crippen LogP contribution in [-0.4, -0.2) is 77.1 Å². The van der Waals surface area contributed by atoms with Crippen LogP contribution in [0.3, 0.4) is 0 Å². The Labute approximate surface area is 258 Å². The minimum absolute atomic E-state index is 0.146. The molecule has 0 radical (unpaired) electrons. The zero-order valence-electron chi connectivity index (χ0n) is 24.3. The number of aliphatic hydroxyl groups excluding tert-OH is 1. The number of carbonyl (C=O) groups is 1. The second kappa shape index (κ2) is 14.6. The number of aliphatic carboxylic acids is 1. The number of aromatic hydroxyl groups is 2. The number of carboxylic acid groups (broad SMARTS) is 1. The topological polar surface area (TPSA) is 215 Å². The summed E-state index contributed by atoms with van der Waals surface area (Å²) >= 11 is 0. The van der Waals surface area contributed by atoms with Crippen molar-refractivity contribution < 1.29 is 47.8 Å². The van der Waals surface area contributed by atoms with Crippen molar-refractivity contribution >= 4 is 22.8 Å². The van der Waals surface area contributed by atoms with Gasteiger partial charge in [-0.15, -0.1) is 0 Å². The van der Waals surface area contributed by atoms with Gasteiger partial charge in [0.1, 0.15) is 11.0 Å². The normalized spacial score (nSPS) is 12.0. The monoisotopic (exact) mass is 645 g/mol. The lowest BCUT2D eigenvalue weighted by atomic mass is 10.1. The first-order chi connectivity index (χ1) is 21.9. The van der Waals surface area contributed by atoms with E-state index in [1.807, 2.05) is 41.8 Å². The maximum atomic E-state index is 10.6. The van der Waals surface area contributed by atoms with Crippen LogP contribution in [0.25, 0.3) is 33.8 Å². The second-order valence-corrected chi connectivity index (χ2v) is 9.69. The van der Waals surface area contributed by atoms with E-state index >= 15 is 0 Å². The first-order valence-electron chi connectivity index (χ1n) is 13.8. The Morgan fingerprint density at radius 3 is 2.43 bits per heavy atom. The molecule has 0 aliphatic rings. The molecule has 5 aromatic rings. The number of nitrogens with one attached hydrogen (secondary N) is 1.